The Morgan fingerprint density at radius 2 is 0.891 bits per heavy atom. The van der Waals surface area contributed by atoms with E-state index in [1.54, 1.807) is 0 Å². The average molecular weight is 776 g/mol. The first-order valence-electron chi connectivity index (χ1n) is 24.1. The Bertz CT molecular complexity index is 873. The molecule has 0 spiro atoms. The molecule has 6 heteroatoms. The maximum atomic E-state index is 13.1. The quantitative estimate of drug-likeness (QED) is 0.0326. The largest absolute Gasteiger partial charge is 0.462 e. The zero-order chi connectivity index (χ0) is 40.3. The lowest BCUT2D eigenvalue weighted by Gasteiger charge is -2.24. The molecule has 0 aromatic carbocycles. The first-order valence-corrected chi connectivity index (χ1v) is 24.1. The highest BCUT2D eigenvalue weighted by atomic mass is 16.5. The summed E-state index contributed by atoms with van der Waals surface area (Å²) in [7, 11) is 0. The van der Waals surface area contributed by atoms with Crippen molar-refractivity contribution in [2.24, 2.45) is 0 Å². The fraction of sp³-hybridized carbons (Fsp3) is 0.878. The molecule has 3 N–H and O–H groups in total. The van der Waals surface area contributed by atoms with E-state index in [1.165, 1.54) is 141 Å². The Labute approximate surface area is 341 Å². The van der Waals surface area contributed by atoms with Crippen molar-refractivity contribution < 1.29 is 24.5 Å². The summed E-state index contributed by atoms with van der Waals surface area (Å²) in [6.07, 6.45) is 48.0. The van der Waals surface area contributed by atoms with Crippen molar-refractivity contribution in [2.75, 3.05) is 6.61 Å². The van der Waals surface area contributed by atoms with Crippen LogP contribution in [0.4, 0.5) is 0 Å². The summed E-state index contributed by atoms with van der Waals surface area (Å²) in [4.78, 5) is 26.0. The molecule has 1 amide bonds. The van der Waals surface area contributed by atoms with Crippen molar-refractivity contribution in [3.05, 3.63) is 24.3 Å². The molecule has 3 unspecified atom stereocenters. The Morgan fingerprint density at radius 1 is 0.509 bits per heavy atom. The number of aliphatic hydroxyl groups excluding tert-OH is 2. The molecule has 0 aromatic heterocycles. The highest BCUT2D eigenvalue weighted by Gasteiger charge is 2.24. The number of aliphatic hydroxyl groups is 2. The van der Waals surface area contributed by atoms with E-state index in [4.69, 9.17) is 4.74 Å². The van der Waals surface area contributed by atoms with Gasteiger partial charge >= 0.3 is 5.97 Å². The van der Waals surface area contributed by atoms with Crippen LogP contribution in [0.15, 0.2) is 24.3 Å². The summed E-state index contributed by atoms with van der Waals surface area (Å²) < 4.78 is 5.90. The van der Waals surface area contributed by atoms with E-state index in [1.807, 2.05) is 0 Å². The van der Waals surface area contributed by atoms with E-state index in [-0.39, 0.29) is 24.9 Å². The van der Waals surface area contributed by atoms with E-state index in [0.717, 1.165) is 64.2 Å². The van der Waals surface area contributed by atoms with E-state index in [9.17, 15) is 19.8 Å². The molecule has 6 nitrogen and oxygen atoms in total. The van der Waals surface area contributed by atoms with Gasteiger partial charge in [-0.2, -0.15) is 0 Å². The van der Waals surface area contributed by atoms with Crippen molar-refractivity contribution in [3.63, 3.8) is 0 Å². The second-order valence-electron chi connectivity index (χ2n) is 16.5. The van der Waals surface area contributed by atoms with Gasteiger partial charge in [0.05, 0.1) is 25.2 Å². The molecule has 0 heterocycles. The van der Waals surface area contributed by atoms with Crippen LogP contribution >= 0.6 is 0 Å². The van der Waals surface area contributed by atoms with E-state index in [0.29, 0.717) is 19.3 Å². The molecule has 0 radical (unpaired) electrons. The summed E-state index contributed by atoms with van der Waals surface area (Å²) in [5.41, 5.74) is 0. The van der Waals surface area contributed by atoms with Crippen LogP contribution in [0.2, 0.25) is 0 Å². The second-order valence-corrected chi connectivity index (χ2v) is 16.5. The van der Waals surface area contributed by atoms with Crippen LogP contribution in [0.3, 0.4) is 0 Å². The minimum absolute atomic E-state index is 0.0718. The summed E-state index contributed by atoms with van der Waals surface area (Å²) in [6.45, 7) is 6.43. The van der Waals surface area contributed by atoms with Gasteiger partial charge in [-0.3, -0.25) is 9.59 Å². The van der Waals surface area contributed by atoms with Crippen molar-refractivity contribution >= 4 is 11.9 Å². The Balaban J connectivity index is 4.59. The number of nitrogens with one attached hydrogen (secondary N) is 1. The lowest BCUT2D eigenvalue weighted by Crippen LogP contribution is -2.46. The molecule has 0 aromatic rings. The van der Waals surface area contributed by atoms with Crippen molar-refractivity contribution in [2.45, 2.75) is 270 Å². The summed E-state index contributed by atoms with van der Waals surface area (Å²) in [5.74, 6) is -0.486. The van der Waals surface area contributed by atoms with Gasteiger partial charge in [0.2, 0.25) is 5.91 Å². The molecule has 0 saturated carbocycles. The molecule has 55 heavy (non-hydrogen) atoms. The number of allylic oxidation sites excluding steroid dienone is 4. The lowest BCUT2D eigenvalue weighted by molar-refractivity contribution is -0.151. The first kappa shape index (κ1) is 53.3. The molecule has 0 bridgehead atoms. The average Bonchev–Trinajstić information content (AvgIpc) is 3.18. The third kappa shape index (κ3) is 39.0. The van der Waals surface area contributed by atoms with Crippen molar-refractivity contribution in [3.8, 4) is 0 Å². The molecule has 0 aliphatic carbocycles. The predicted octanol–water partition coefficient (Wildman–Crippen LogP) is 14.0. The maximum absolute atomic E-state index is 13.1. The van der Waals surface area contributed by atoms with Gasteiger partial charge in [-0.15, -0.1) is 0 Å². The van der Waals surface area contributed by atoms with Gasteiger partial charge in [-0.1, -0.05) is 193 Å². The van der Waals surface area contributed by atoms with Crippen LogP contribution in [0, 0.1) is 0 Å². The third-order valence-electron chi connectivity index (χ3n) is 11.0. The molecular weight excluding hydrogens is 683 g/mol. The molecule has 0 aliphatic rings. The van der Waals surface area contributed by atoms with Crippen LogP contribution in [-0.4, -0.2) is 46.9 Å². The normalized spacial score (nSPS) is 13.5. The molecule has 0 rings (SSSR count). The number of unbranched alkanes of at least 4 members (excludes halogenated alkanes) is 27. The van der Waals surface area contributed by atoms with Crippen molar-refractivity contribution in [1.82, 2.24) is 5.32 Å². The van der Waals surface area contributed by atoms with Gasteiger partial charge in [0, 0.05) is 6.42 Å². The van der Waals surface area contributed by atoms with Gasteiger partial charge in [0.15, 0.2) is 0 Å². The Morgan fingerprint density at radius 3 is 1.36 bits per heavy atom. The highest BCUT2D eigenvalue weighted by molar-refractivity contribution is 5.77. The van der Waals surface area contributed by atoms with E-state index in [2.05, 4.69) is 50.4 Å². The van der Waals surface area contributed by atoms with Gasteiger partial charge in [-0.25, -0.2) is 0 Å². The zero-order valence-corrected chi connectivity index (χ0v) is 36.8. The van der Waals surface area contributed by atoms with Crippen LogP contribution in [-0.2, 0) is 14.3 Å². The number of rotatable bonds is 43. The lowest BCUT2D eigenvalue weighted by atomic mass is 10.0. The van der Waals surface area contributed by atoms with Crippen LogP contribution in [0.5, 0.6) is 0 Å². The number of carbonyl (C=O) groups excluding carboxylic acids is 2. The zero-order valence-electron chi connectivity index (χ0n) is 36.8. The second kappa shape index (κ2) is 43.5. The standard InChI is InChI=1S/C49H93NO5/c1-4-7-10-13-16-19-22-24-26-28-31-34-37-40-45(55-49(54)42-39-36-33-30-25-21-18-15-12-9-6-3)43-48(53)50-46(44-51)47(52)41-38-35-32-29-27-23-20-17-14-11-8-5-2/h15,18-19,22,45-47,51-52H,4-14,16-17,20-21,23-44H2,1-3H3,(H,50,53)/b18-15-,22-19-. The molecular formula is C49H93NO5. The van der Waals surface area contributed by atoms with Gasteiger partial charge < -0.3 is 20.3 Å². The van der Waals surface area contributed by atoms with E-state index < -0.39 is 18.2 Å². The number of ether oxygens (including phenoxy) is 1. The molecule has 324 valence electrons. The monoisotopic (exact) mass is 776 g/mol. The summed E-state index contributed by atoms with van der Waals surface area (Å²) >= 11 is 0. The first-order chi connectivity index (χ1) is 27.0. The Hall–Kier alpha value is -1.66. The number of amides is 1. The number of esters is 1. The highest BCUT2D eigenvalue weighted by Crippen LogP contribution is 2.17. The molecule has 0 saturated heterocycles. The molecule has 3 atom stereocenters. The minimum atomic E-state index is -0.786. The minimum Gasteiger partial charge on any atom is -0.462 e. The number of hydrogen-bond donors (Lipinski definition) is 3. The van der Waals surface area contributed by atoms with Crippen LogP contribution < -0.4 is 5.32 Å². The smallest absolute Gasteiger partial charge is 0.306 e. The third-order valence-corrected chi connectivity index (χ3v) is 11.0. The predicted molar refractivity (Wildman–Crippen MR) is 236 cm³/mol. The van der Waals surface area contributed by atoms with E-state index >= 15 is 0 Å². The number of carbonyl (C=O) groups is 2. The fourth-order valence-corrected chi connectivity index (χ4v) is 7.29. The van der Waals surface area contributed by atoms with Gasteiger partial charge in [0.25, 0.3) is 0 Å². The van der Waals surface area contributed by atoms with Crippen molar-refractivity contribution in [1.29, 1.82) is 0 Å². The molecule has 0 aliphatic heterocycles. The van der Waals surface area contributed by atoms with Crippen LogP contribution in [0.1, 0.15) is 252 Å². The topological polar surface area (TPSA) is 95.9 Å². The van der Waals surface area contributed by atoms with Gasteiger partial charge in [-0.05, 0) is 70.6 Å². The Kier molecular flexibility index (Phi) is 42.2. The van der Waals surface area contributed by atoms with Crippen LogP contribution in [0.25, 0.3) is 0 Å². The number of hydrogen-bond acceptors (Lipinski definition) is 5. The summed E-state index contributed by atoms with van der Waals surface area (Å²) in [6, 6.07) is -0.700. The molecule has 0 fully saturated rings. The maximum Gasteiger partial charge on any atom is 0.306 e. The SMILES string of the molecule is CCCC/C=C\CCCCCCCC(=O)OC(CCCCCCC/C=C\CCCCCC)CC(=O)NC(CO)C(O)CCCCCCCCCCCCCC. The van der Waals surface area contributed by atoms with Gasteiger partial charge in [0.1, 0.15) is 6.10 Å². The summed E-state index contributed by atoms with van der Waals surface area (Å²) in [5, 5.41) is 23.7. The fourth-order valence-electron chi connectivity index (χ4n) is 7.29.